The van der Waals surface area contributed by atoms with Gasteiger partial charge in [0.1, 0.15) is 12.3 Å². The Morgan fingerprint density at radius 3 is 2.29 bits per heavy atom. The second-order valence-electron chi connectivity index (χ2n) is 7.76. The zero-order valence-electron chi connectivity index (χ0n) is 19.8. The third kappa shape index (κ3) is 6.77. The van der Waals surface area contributed by atoms with Gasteiger partial charge in [-0.05, 0) is 66.9 Å². The summed E-state index contributed by atoms with van der Waals surface area (Å²) in [5, 5.41) is 3.93. The van der Waals surface area contributed by atoms with Crippen molar-refractivity contribution in [3.63, 3.8) is 0 Å². The summed E-state index contributed by atoms with van der Waals surface area (Å²) >= 11 is 0. The summed E-state index contributed by atoms with van der Waals surface area (Å²) in [6.07, 6.45) is 2.01. The number of carbonyl (C=O) groups excluding carboxylic acids is 2. The van der Waals surface area contributed by atoms with Gasteiger partial charge in [-0.15, -0.1) is 0 Å². The highest BCUT2D eigenvalue weighted by Crippen LogP contribution is 2.27. The molecular formula is C26H27N3O5S. The number of nitrogens with one attached hydrogen (secondary N) is 1. The van der Waals surface area contributed by atoms with Crippen molar-refractivity contribution >= 4 is 33.8 Å². The third-order valence-electron chi connectivity index (χ3n) is 5.08. The summed E-state index contributed by atoms with van der Waals surface area (Å²) in [5.74, 6) is -0.627. The Hall–Kier alpha value is -3.98. The molecule has 0 spiro atoms. The fourth-order valence-electron chi connectivity index (χ4n) is 3.32. The lowest BCUT2D eigenvalue weighted by Crippen LogP contribution is -2.40. The molecule has 1 amide bonds. The Morgan fingerprint density at radius 1 is 1.00 bits per heavy atom. The zero-order chi connectivity index (χ0) is 25.4. The van der Waals surface area contributed by atoms with Gasteiger partial charge in [-0.2, -0.15) is 5.10 Å². The molecule has 0 saturated carbocycles. The lowest BCUT2D eigenvalue weighted by Gasteiger charge is -2.25. The Bertz CT molecular complexity index is 1320. The first-order chi connectivity index (χ1) is 16.7. The fourth-order valence-corrected chi connectivity index (χ4v) is 4.78. The highest BCUT2D eigenvalue weighted by atomic mass is 32.2. The van der Waals surface area contributed by atoms with E-state index >= 15 is 0 Å². The van der Waals surface area contributed by atoms with Crippen molar-refractivity contribution < 1.29 is 22.7 Å². The van der Waals surface area contributed by atoms with Crippen molar-refractivity contribution in [2.45, 2.75) is 32.1 Å². The number of esters is 1. The normalized spacial score (nSPS) is 11.3. The van der Waals surface area contributed by atoms with Crippen LogP contribution in [0, 0.1) is 6.92 Å². The van der Waals surface area contributed by atoms with E-state index in [9.17, 15) is 18.0 Å². The first-order valence-corrected chi connectivity index (χ1v) is 12.4. The van der Waals surface area contributed by atoms with Crippen LogP contribution >= 0.6 is 0 Å². The summed E-state index contributed by atoms with van der Waals surface area (Å²) in [4.78, 5) is 23.8. The quantitative estimate of drug-likeness (QED) is 0.211. The van der Waals surface area contributed by atoms with Gasteiger partial charge in [0.2, 0.25) is 0 Å². The highest BCUT2D eigenvalue weighted by molar-refractivity contribution is 7.92. The molecule has 0 saturated heterocycles. The van der Waals surface area contributed by atoms with E-state index in [1.165, 1.54) is 25.3 Å². The van der Waals surface area contributed by atoms with Crippen LogP contribution < -0.4 is 14.5 Å². The van der Waals surface area contributed by atoms with Crippen LogP contribution in [0.3, 0.4) is 0 Å². The Balaban J connectivity index is 1.81. The van der Waals surface area contributed by atoms with E-state index in [0.717, 1.165) is 15.4 Å². The first kappa shape index (κ1) is 25.6. The van der Waals surface area contributed by atoms with Crippen molar-refractivity contribution in [3.05, 3.63) is 89.5 Å². The van der Waals surface area contributed by atoms with Gasteiger partial charge in [0, 0.05) is 6.92 Å². The summed E-state index contributed by atoms with van der Waals surface area (Å²) in [5.41, 5.74) is 5.21. The molecule has 0 aliphatic rings. The molecule has 3 aromatic rings. The molecule has 0 aromatic heterocycles. The van der Waals surface area contributed by atoms with E-state index in [2.05, 4.69) is 10.5 Å². The molecule has 0 aliphatic heterocycles. The van der Waals surface area contributed by atoms with Crippen LogP contribution in [0.4, 0.5) is 5.69 Å². The van der Waals surface area contributed by atoms with Gasteiger partial charge in [0.25, 0.3) is 15.9 Å². The summed E-state index contributed by atoms with van der Waals surface area (Å²) in [7, 11) is -4.01. The Labute approximate surface area is 205 Å². The number of anilines is 1. The minimum absolute atomic E-state index is 0.0955. The van der Waals surface area contributed by atoms with Gasteiger partial charge in [-0.1, -0.05) is 42.8 Å². The largest absolute Gasteiger partial charge is 0.427 e. The average molecular weight is 494 g/mol. The van der Waals surface area contributed by atoms with E-state index < -0.39 is 28.4 Å². The van der Waals surface area contributed by atoms with Gasteiger partial charge in [0.15, 0.2) is 0 Å². The van der Waals surface area contributed by atoms with Crippen LogP contribution in [-0.2, 0) is 26.0 Å². The number of nitrogens with zero attached hydrogens (tertiary/aromatic N) is 2. The molecule has 3 rings (SSSR count). The predicted molar refractivity (Wildman–Crippen MR) is 135 cm³/mol. The van der Waals surface area contributed by atoms with Crippen molar-refractivity contribution in [1.82, 2.24) is 5.43 Å². The van der Waals surface area contributed by atoms with Gasteiger partial charge >= 0.3 is 5.97 Å². The SMILES string of the molecule is CCc1ccccc1N(CC(=O)N/N=C\c1ccc(OC(C)=O)cc1)S(=O)(=O)c1ccc(C)cc1. The van der Waals surface area contributed by atoms with Crippen molar-refractivity contribution in [3.8, 4) is 5.75 Å². The van der Waals surface area contributed by atoms with Crippen LogP contribution in [0.15, 0.2) is 82.8 Å². The number of rotatable bonds is 9. The molecule has 0 bridgehead atoms. The summed E-state index contributed by atoms with van der Waals surface area (Å²) in [6, 6.07) is 20.1. The number of amides is 1. The minimum Gasteiger partial charge on any atom is -0.427 e. The topological polar surface area (TPSA) is 105 Å². The smallest absolute Gasteiger partial charge is 0.308 e. The molecule has 0 unspecified atom stereocenters. The number of para-hydroxylation sites is 1. The van der Waals surface area contributed by atoms with Crippen LogP contribution in [0.1, 0.15) is 30.5 Å². The van der Waals surface area contributed by atoms with E-state index in [1.54, 1.807) is 48.5 Å². The maximum Gasteiger partial charge on any atom is 0.308 e. The lowest BCUT2D eigenvalue weighted by atomic mass is 10.1. The molecular weight excluding hydrogens is 466 g/mol. The lowest BCUT2D eigenvalue weighted by molar-refractivity contribution is -0.131. The van der Waals surface area contributed by atoms with E-state index in [4.69, 9.17) is 4.74 Å². The van der Waals surface area contributed by atoms with Gasteiger partial charge < -0.3 is 4.74 Å². The Kier molecular flexibility index (Phi) is 8.38. The second kappa shape index (κ2) is 11.4. The maximum atomic E-state index is 13.5. The van der Waals surface area contributed by atoms with E-state index in [1.807, 2.05) is 26.0 Å². The van der Waals surface area contributed by atoms with Crippen LogP contribution in [-0.4, -0.2) is 33.1 Å². The molecule has 0 aliphatic carbocycles. The summed E-state index contributed by atoms with van der Waals surface area (Å²) < 4.78 is 33.1. The maximum absolute atomic E-state index is 13.5. The predicted octanol–water partition coefficient (Wildman–Crippen LogP) is 3.83. The molecule has 0 heterocycles. The number of hydrogen-bond acceptors (Lipinski definition) is 6. The van der Waals surface area contributed by atoms with Crippen molar-refractivity contribution in [1.29, 1.82) is 0 Å². The highest BCUT2D eigenvalue weighted by Gasteiger charge is 2.28. The number of carbonyl (C=O) groups is 2. The number of hydrogen-bond donors (Lipinski definition) is 1. The first-order valence-electron chi connectivity index (χ1n) is 11.0. The van der Waals surface area contributed by atoms with Gasteiger partial charge in [-0.3, -0.25) is 13.9 Å². The minimum atomic E-state index is -4.01. The monoisotopic (exact) mass is 493 g/mol. The molecule has 35 heavy (non-hydrogen) atoms. The molecule has 9 heteroatoms. The number of hydrazone groups is 1. The van der Waals surface area contributed by atoms with Crippen LogP contribution in [0.2, 0.25) is 0 Å². The molecule has 3 aromatic carbocycles. The van der Waals surface area contributed by atoms with Crippen LogP contribution in [0.5, 0.6) is 5.75 Å². The molecule has 0 atom stereocenters. The molecule has 0 radical (unpaired) electrons. The molecule has 182 valence electrons. The van der Waals surface area contributed by atoms with Crippen molar-refractivity contribution in [2.24, 2.45) is 5.10 Å². The average Bonchev–Trinajstić information content (AvgIpc) is 2.83. The molecule has 8 nitrogen and oxygen atoms in total. The zero-order valence-corrected chi connectivity index (χ0v) is 20.6. The molecule has 0 fully saturated rings. The standard InChI is InChI=1S/C26H27N3O5S/c1-4-22-7-5-6-8-25(22)29(35(32,33)24-15-9-19(2)10-16-24)18-26(31)28-27-17-21-11-13-23(14-12-21)34-20(3)30/h5-17H,4,18H2,1-3H3,(H,28,31)/b27-17-. The van der Waals surface area contributed by atoms with E-state index in [0.29, 0.717) is 23.4 Å². The molecule has 1 N–H and O–H groups in total. The van der Waals surface area contributed by atoms with Gasteiger partial charge in [0.05, 0.1) is 16.8 Å². The number of benzene rings is 3. The number of sulfonamides is 1. The number of aryl methyl sites for hydroxylation is 2. The van der Waals surface area contributed by atoms with E-state index in [-0.39, 0.29) is 4.90 Å². The van der Waals surface area contributed by atoms with Crippen molar-refractivity contribution in [2.75, 3.05) is 10.8 Å². The van der Waals surface area contributed by atoms with Gasteiger partial charge in [-0.25, -0.2) is 13.8 Å². The second-order valence-corrected chi connectivity index (χ2v) is 9.63. The third-order valence-corrected chi connectivity index (χ3v) is 6.86. The fraction of sp³-hybridized carbons (Fsp3) is 0.192. The summed E-state index contributed by atoms with van der Waals surface area (Å²) in [6.45, 7) is 4.66. The number of ether oxygens (including phenoxy) is 1. The van der Waals surface area contributed by atoms with Crippen LogP contribution in [0.25, 0.3) is 0 Å². The Morgan fingerprint density at radius 2 is 1.66 bits per heavy atom.